The van der Waals surface area contributed by atoms with Crippen LogP contribution in [0.15, 0.2) is 29.2 Å². The predicted molar refractivity (Wildman–Crippen MR) is 119 cm³/mol. The average molecular weight is 440 g/mol. The van der Waals surface area contributed by atoms with Crippen LogP contribution >= 0.6 is 11.8 Å². The van der Waals surface area contributed by atoms with Crippen molar-refractivity contribution >= 4 is 33.3 Å². The highest BCUT2D eigenvalue weighted by Crippen LogP contribution is 2.33. The topological polar surface area (TPSA) is 94.3 Å². The first-order chi connectivity index (χ1) is 13.5. The molecule has 1 aromatic rings. The number of amides is 1. The molecule has 162 valence electrons. The van der Waals surface area contributed by atoms with E-state index in [-0.39, 0.29) is 17.6 Å². The maximum atomic E-state index is 12.5. The number of sulfone groups is 1. The summed E-state index contributed by atoms with van der Waals surface area (Å²) < 4.78 is 24.1. The number of nitrogens with two attached hydrogens (primary N) is 1. The normalized spacial score (nSPS) is 20.4. The van der Waals surface area contributed by atoms with Gasteiger partial charge >= 0.3 is 0 Å². The highest BCUT2D eigenvalue weighted by Gasteiger charge is 2.34. The predicted octanol–water partition coefficient (Wildman–Crippen LogP) is 4.25. The Kier molecular flexibility index (Phi) is 8.35. The van der Waals surface area contributed by atoms with Gasteiger partial charge in [-0.3, -0.25) is 9.59 Å². The Bertz CT molecular complexity index is 819. The fraction of sp³-hybridized carbons (Fsp3) is 0.636. The summed E-state index contributed by atoms with van der Waals surface area (Å²) in [6.45, 7) is 5.25. The average Bonchev–Trinajstić information content (AvgIpc) is 2.64. The summed E-state index contributed by atoms with van der Waals surface area (Å²) in [5.41, 5.74) is 5.79. The summed E-state index contributed by atoms with van der Waals surface area (Å²) in [7, 11) is -3.10. The maximum Gasteiger partial charge on any atom is 0.248 e. The molecule has 7 heteroatoms. The lowest BCUT2D eigenvalue weighted by Gasteiger charge is -2.30. The van der Waals surface area contributed by atoms with Gasteiger partial charge in [0.25, 0.3) is 0 Å². The smallest absolute Gasteiger partial charge is 0.248 e. The van der Waals surface area contributed by atoms with Gasteiger partial charge in [0.15, 0.2) is 9.84 Å². The molecule has 0 radical (unpaired) electrons. The third-order valence-corrected chi connectivity index (χ3v) is 9.50. The number of primary amides is 1. The first-order valence-corrected chi connectivity index (χ1v) is 12.9. The standard InChI is InChI=1S/C22H33NO4S2/c1-22(2,3)29(26,27)15-16-9-11-17(12-10-16)20(24)8-5-13-28-19-7-4-6-18(14-19)21(23)25/h4,6-7,14,16-17H,5,8-13,15H2,1-3H3,(H2,23,25). The summed E-state index contributed by atoms with van der Waals surface area (Å²) >= 11 is 1.62. The van der Waals surface area contributed by atoms with Crippen LogP contribution < -0.4 is 5.73 Å². The van der Waals surface area contributed by atoms with E-state index in [2.05, 4.69) is 0 Å². The van der Waals surface area contributed by atoms with Crippen molar-refractivity contribution in [2.24, 2.45) is 17.6 Å². The lowest BCUT2D eigenvalue weighted by Crippen LogP contribution is -2.35. The van der Waals surface area contributed by atoms with Crippen LogP contribution in [0.25, 0.3) is 0 Å². The first kappa shape index (κ1) is 23.9. The molecule has 2 N–H and O–H groups in total. The highest BCUT2D eigenvalue weighted by molar-refractivity contribution is 7.99. The maximum absolute atomic E-state index is 12.5. The summed E-state index contributed by atoms with van der Waals surface area (Å²) in [6, 6.07) is 7.22. The van der Waals surface area contributed by atoms with E-state index in [1.165, 1.54) is 0 Å². The number of Topliss-reactive ketones (excluding diaryl/α,β-unsaturated/α-hetero) is 1. The van der Waals surface area contributed by atoms with Crippen LogP contribution in [0.4, 0.5) is 0 Å². The van der Waals surface area contributed by atoms with Crippen LogP contribution in [0, 0.1) is 11.8 Å². The molecule has 0 heterocycles. The summed E-state index contributed by atoms with van der Waals surface area (Å²) in [5, 5.41) is 0. The minimum atomic E-state index is -3.10. The van der Waals surface area contributed by atoms with Gasteiger partial charge in [0.05, 0.1) is 10.5 Å². The zero-order valence-electron chi connectivity index (χ0n) is 17.6. The van der Waals surface area contributed by atoms with Gasteiger partial charge in [0, 0.05) is 22.8 Å². The van der Waals surface area contributed by atoms with Gasteiger partial charge in [-0.25, -0.2) is 8.42 Å². The van der Waals surface area contributed by atoms with Crippen molar-refractivity contribution in [3.8, 4) is 0 Å². The molecule has 1 fully saturated rings. The van der Waals surface area contributed by atoms with Crippen LogP contribution in [-0.2, 0) is 14.6 Å². The van der Waals surface area contributed by atoms with E-state index >= 15 is 0 Å². The van der Waals surface area contributed by atoms with E-state index < -0.39 is 20.5 Å². The van der Waals surface area contributed by atoms with Gasteiger partial charge in [-0.2, -0.15) is 0 Å². The lowest BCUT2D eigenvalue weighted by atomic mass is 9.80. The molecule has 1 aromatic carbocycles. The van der Waals surface area contributed by atoms with Gasteiger partial charge in [0.2, 0.25) is 5.91 Å². The Morgan fingerprint density at radius 3 is 2.38 bits per heavy atom. The quantitative estimate of drug-likeness (QED) is 0.458. The Balaban J connectivity index is 1.71. The van der Waals surface area contributed by atoms with E-state index in [1.54, 1.807) is 44.7 Å². The Morgan fingerprint density at radius 1 is 1.14 bits per heavy atom. The summed E-state index contributed by atoms with van der Waals surface area (Å²) in [6.07, 6.45) is 4.59. The molecule has 1 aliphatic carbocycles. The second-order valence-corrected chi connectivity index (χ2v) is 12.9. The fourth-order valence-corrected chi connectivity index (χ4v) is 5.95. The van der Waals surface area contributed by atoms with Crippen molar-refractivity contribution in [1.29, 1.82) is 0 Å². The fourth-order valence-electron chi connectivity index (χ4n) is 3.59. The van der Waals surface area contributed by atoms with E-state index in [0.717, 1.165) is 42.8 Å². The molecule has 0 aliphatic heterocycles. The molecule has 1 amide bonds. The monoisotopic (exact) mass is 439 g/mol. The van der Waals surface area contributed by atoms with Crippen molar-refractivity contribution in [3.63, 3.8) is 0 Å². The summed E-state index contributed by atoms with van der Waals surface area (Å²) in [5.74, 6) is 1.16. The molecule has 1 saturated carbocycles. The Labute approximate surface area is 179 Å². The zero-order chi connectivity index (χ0) is 21.7. The van der Waals surface area contributed by atoms with Crippen LogP contribution in [0.3, 0.4) is 0 Å². The van der Waals surface area contributed by atoms with Crippen molar-refractivity contribution in [3.05, 3.63) is 29.8 Å². The van der Waals surface area contributed by atoms with E-state index in [0.29, 0.717) is 17.8 Å². The van der Waals surface area contributed by atoms with Crippen LogP contribution in [0.2, 0.25) is 0 Å². The molecule has 0 spiro atoms. The summed E-state index contributed by atoms with van der Waals surface area (Å²) in [4.78, 5) is 24.7. The molecule has 1 aliphatic rings. The number of carbonyl (C=O) groups is 2. The molecule has 5 nitrogen and oxygen atoms in total. The molecule has 29 heavy (non-hydrogen) atoms. The van der Waals surface area contributed by atoms with E-state index in [1.807, 2.05) is 12.1 Å². The molecule has 0 unspecified atom stereocenters. The van der Waals surface area contributed by atoms with Gasteiger partial charge in [-0.05, 0) is 82.7 Å². The molecule has 0 bridgehead atoms. The number of rotatable bonds is 9. The molecule has 0 atom stereocenters. The number of hydrogen-bond acceptors (Lipinski definition) is 5. The third-order valence-electron chi connectivity index (χ3n) is 5.65. The Morgan fingerprint density at radius 2 is 1.79 bits per heavy atom. The minimum Gasteiger partial charge on any atom is -0.366 e. The third kappa shape index (κ3) is 7.14. The van der Waals surface area contributed by atoms with Crippen molar-refractivity contribution in [2.75, 3.05) is 11.5 Å². The van der Waals surface area contributed by atoms with E-state index in [9.17, 15) is 18.0 Å². The highest BCUT2D eigenvalue weighted by atomic mass is 32.2. The number of hydrogen-bond donors (Lipinski definition) is 1. The van der Waals surface area contributed by atoms with Crippen LogP contribution in [0.1, 0.15) is 69.7 Å². The first-order valence-electron chi connectivity index (χ1n) is 10.3. The number of ketones is 1. The molecular weight excluding hydrogens is 406 g/mol. The largest absolute Gasteiger partial charge is 0.366 e. The SMILES string of the molecule is CC(C)(C)S(=O)(=O)CC1CCC(C(=O)CCCSc2cccc(C(N)=O)c2)CC1. The van der Waals surface area contributed by atoms with Gasteiger partial charge in [0.1, 0.15) is 5.78 Å². The number of thioether (sulfide) groups is 1. The van der Waals surface area contributed by atoms with Gasteiger partial charge < -0.3 is 5.73 Å². The Hall–Kier alpha value is -1.34. The van der Waals surface area contributed by atoms with Gasteiger partial charge in [-0.1, -0.05) is 6.07 Å². The van der Waals surface area contributed by atoms with Crippen LogP contribution in [-0.4, -0.2) is 36.4 Å². The molecule has 0 saturated heterocycles. The second-order valence-electron chi connectivity index (χ2n) is 8.92. The van der Waals surface area contributed by atoms with Crippen LogP contribution in [0.5, 0.6) is 0 Å². The van der Waals surface area contributed by atoms with Gasteiger partial charge in [-0.15, -0.1) is 11.8 Å². The van der Waals surface area contributed by atoms with Crippen molar-refractivity contribution in [1.82, 2.24) is 0 Å². The second kappa shape index (κ2) is 10.1. The van der Waals surface area contributed by atoms with Crippen molar-refractivity contribution in [2.45, 2.75) is 68.9 Å². The molecule has 2 rings (SSSR count). The number of carbonyl (C=O) groups excluding carboxylic acids is 2. The van der Waals surface area contributed by atoms with E-state index in [4.69, 9.17) is 5.73 Å². The number of benzene rings is 1. The van der Waals surface area contributed by atoms with Crippen molar-refractivity contribution < 1.29 is 18.0 Å². The lowest BCUT2D eigenvalue weighted by molar-refractivity contribution is -0.124. The molecule has 0 aromatic heterocycles. The minimum absolute atomic E-state index is 0.0757. The zero-order valence-corrected chi connectivity index (χ0v) is 19.3. The molecular formula is C22H33NO4S2.